The SMILES string of the molecule is CCNc1ncc(Oc2ccc(NC(=O)NC(CC)CC)cc2OC)s1. The van der Waals surface area contributed by atoms with Crippen molar-refractivity contribution in [2.45, 2.75) is 39.7 Å². The van der Waals surface area contributed by atoms with Crippen molar-refractivity contribution < 1.29 is 14.3 Å². The fraction of sp³-hybridized carbons (Fsp3) is 0.444. The van der Waals surface area contributed by atoms with E-state index in [0.717, 1.165) is 24.5 Å². The quantitative estimate of drug-likeness (QED) is 0.590. The number of hydrogen-bond donors (Lipinski definition) is 3. The van der Waals surface area contributed by atoms with Gasteiger partial charge >= 0.3 is 6.03 Å². The second-order valence-corrected chi connectivity index (χ2v) is 6.59. The molecule has 0 atom stereocenters. The van der Waals surface area contributed by atoms with Crippen molar-refractivity contribution in [2.24, 2.45) is 0 Å². The molecule has 8 heteroatoms. The molecule has 1 heterocycles. The second-order valence-electron chi connectivity index (χ2n) is 5.59. The van der Waals surface area contributed by atoms with Gasteiger partial charge in [0.25, 0.3) is 0 Å². The van der Waals surface area contributed by atoms with Crippen molar-refractivity contribution in [3.8, 4) is 16.6 Å². The summed E-state index contributed by atoms with van der Waals surface area (Å²) in [5, 5.41) is 10.4. The largest absolute Gasteiger partial charge is 0.493 e. The normalized spacial score (nSPS) is 10.5. The molecule has 7 nitrogen and oxygen atoms in total. The number of nitrogens with zero attached hydrogens (tertiary/aromatic N) is 1. The Morgan fingerprint density at radius 3 is 2.65 bits per heavy atom. The van der Waals surface area contributed by atoms with Gasteiger partial charge in [-0.3, -0.25) is 0 Å². The number of carbonyl (C=O) groups is 1. The summed E-state index contributed by atoms with van der Waals surface area (Å²) in [5.41, 5.74) is 0.635. The summed E-state index contributed by atoms with van der Waals surface area (Å²) < 4.78 is 11.2. The van der Waals surface area contributed by atoms with Gasteiger partial charge < -0.3 is 25.4 Å². The molecule has 0 saturated carbocycles. The molecule has 1 aromatic heterocycles. The average molecular weight is 378 g/mol. The highest BCUT2D eigenvalue weighted by Crippen LogP contribution is 2.37. The maximum absolute atomic E-state index is 12.1. The van der Waals surface area contributed by atoms with Crippen LogP contribution in [0.1, 0.15) is 33.6 Å². The number of ether oxygens (including phenoxy) is 2. The smallest absolute Gasteiger partial charge is 0.319 e. The van der Waals surface area contributed by atoms with Crippen LogP contribution in [0.4, 0.5) is 15.6 Å². The Hall–Kier alpha value is -2.48. The number of aromatic nitrogens is 1. The fourth-order valence-electron chi connectivity index (χ4n) is 2.32. The van der Waals surface area contributed by atoms with E-state index in [1.807, 2.05) is 20.8 Å². The lowest BCUT2D eigenvalue weighted by Gasteiger charge is -2.16. The minimum absolute atomic E-state index is 0.164. The van der Waals surface area contributed by atoms with Crippen LogP contribution in [0.15, 0.2) is 24.4 Å². The second kappa shape index (κ2) is 9.86. The van der Waals surface area contributed by atoms with Gasteiger partial charge in [-0.1, -0.05) is 25.2 Å². The minimum Gasteiger partial charge on any atom is -0.493 e. The Morgan fingerprint density at radius 1 is 1.23 bits per heavy atom. The Morgan fingerprint density at radius 2 is 2.00 bits per heavy atom. The maximum atomic E-state index is 12.1. The molecular weight excluding hydrogens is 352 g/mol. The molecule has 0 bridgehead atoms. The molecule has 0 aliphatic carbocycles. The molecule has 0 fully saturated rings. The zero-order valence-corrected chi connectivity index (χ0v) is 16.4. The van der Waals surface area contributed by atoms with Crippen molar-refractivity contribution in [3.63, 3.8) is 0 Å². The lowest BCUT2D eigenvalue weighted by atomic mass is 10.2. The van der Waals surface area contributed by atoms with Crippen LogP contribution in [0.5, 0.6) is 16.6 Å². The van der Waals surface area contributed by atoms with Gasteiger partial charge in [0.15, 0.2) is 16.6 Å². The topological polar surface area (TPSA) is 84.5 Å². The number of methoxy groups -OCH3 is 1. The third-order valence-electron chi connectivity index (χ3n) is 3.77. The average Bonchev–Trinajstić information content (AvgIpc) is 3.08. The molecule has 2 rings (SSSR count). The zero-order valence-electron chi connectivity index (χ0n) is 15.6. The minimum atomic E-state index is -0.229. The van der Waals surface area contributed by atoms with Crippen LogP contribution in [0.3, 0.4) is 0 Å². The van der Waals surface area contributed by atoms with E-state index in [9.17, 15) is 4.79 Å². The Kier molecular flexibility index (Phi) is 7.53. The first-order valence-electron chi connectivity index (χ1n) is 8.72. The molecule has 0 aliphatic rings. The number of urea groups is 1. The molecule has 142 valence electrons. The predicted molar refractivity (Wildman–Crippen MR) is 106 cm³/mol. The Balaban J connectivity index is 2.05. The standard InChI is InChI=1S/C18H26N4O3S/c1-5-12(6-2)21-17(23)22-13-8-9-14(15(10-13)24-4)25-16-11-20-18(26-16)19-7-3/h8-12H,5-7H2,1-4H3,(H,19,20)(H2,21,22,23). The van der Waals surface area contributed by atoms with Crippen LogP contribution < -0.4 is 25.4 Å². The van der Waals surface area contributed by atoms with Gasteiger partial charge in [0.2, 0.25) is 5.06 Å². The van der Waals surface area contributed by atoms with Gasteiger partial charge in [-0.05, 0) is 31.9 Å². The van der Waals surface area contributed by atoms with E-state index in [1.165, 1.54) is 11.3 Å². The first kappa shape index (κ1) is 19.8. The molecule has 3 N–H and O–H groups in total. The van der Waals surface area contributed by atoms with Crippen molar-refractivity contribution in [2.75, 3.05) is 24.3 Å². The molecule has 0 saturated heterocycles. The van der Waals surface area contributed by atoms with E-state index in [1.54, 1.807) is 31.5 Å². The lowest BCUT2D eigenvalue weighted by Crippen LogP contribution is -2.37. The monoisotopic (exact) mass is 378 g/mol. The van der Waals surface area contributed by atoms with E-state index < -0.39 is 0 Å². The number of rotatable bonds is 9. The molecular formula is C18H26N4O3S. The van der Waals surface area contributed by atoms with E-state index in [0.29, 0.717) is 22.2 Å². The molecule has 0 unspecified atom stereocenters. The zero-order chi connectivity index (χ0) is 18.9. The van der Waals surface area contributed by atoms with E-state index >= 15 is 0 Å². The first-order chi connectivity index (χ1) is 12.6. The highest BCUT2D eigenvalue weighted by molar-refractivity contribution is 7.17. The van der Waals surface area contributed by atoms with Crippen molar-refractivity contribution >= 4 is 28.2 Å². The van der Waals surface area contributed by atoms with Crippen molar-refractivity contribution in [1.29, 1.82) is 0 Å². The Labute approximate surface area is 158 Å². The van der Waals surface area contributed by atoms with Crippen LogP contribution >= 0.6 is 11.3 Å². The third kappa shape index (κ3) is 5.52. The highest BCUT2D eigenvalue weighted by Gasteiger charge is 2.12. The summed E-state index contributed by atoms with van der Waals surface area (Å²) in [6.45, 7) is 6.90. The number of thiazole rings is 1. The number of anilines is 2. The molecule has 0 radical (unpaired) electrons. The maximum Gasteiger partial charge on any atom is 0.319 e. The first-order valence-corrected chi connectivity index (χ1v) is 9.54. The van der Waals surface area contributed by atoms with Gasteiger partial charge in [0.1, 0.15) is 0 Å². The van der Waals surface area contributed by atoms with Gasteiger partial charge in [0, 0.05) is 24.3 Å². The number of amides is 2. The van der Waals surface area contributed by atoms with E-state index in [-0.39, 0.29) is 12.1 Å². The number of nitrogens with one attached hydrogen (secondary N) is 3. The molecule has 26 heavy (non-hydrogen) atoms. The van der Waals surface area contributed by atoms with E-state index in [2.05, 4.69) is 20.9 Å². The summed E-state index contributed by atoms with van der Waals surface area (Å²) in [5.74, 6) is 1.09. The van der Waals surface area contributed by atoms with Gasteiger partial charge in [-0.25, -0.2) is 9.78 Å². The molecule has 2 aromatic rings. The van der Waals surface area contributed by atoms with Gasteiger partial charge in [-0.2, -0.15) is 0 Å². The number of carbonyl (C=O) groups excluding carboxylic acids is 1. The van der Waals surface area contributed by atoms with Crippen LogP contribution in [0, 0.1) is 0 Å². The molecule has 0 spiro atoms. The highest BCUT2D eigenvalue weighted by atomic mass is 32.1. The van der Waals surface area contributed by atoms with Crippen LogP contribution in [0.25, 0.3) is 0 Å². The van der Waals surface area contributed by atoms with Gasteiger partial charge in [0.05, 0.1) is 13.3 Å². The lowest BCUT2D eigenvalue weighted by molar-refractivity contribution is 0.247. The summed E-state index contributed by atoms with van der Waals surface area (Å²) in [6.07, 6.45) is 3.45. The fourth-order valence-corrected chi connectivity index (χ4v) is 3.07. The van der Waals surface area contributed by atoms with Crippen LogP contribution in [-0.4, -0.2) is 30.7 Å². The van der Waals surface area contributed by atoms with Crippen LogP contribution in [0.2, 0.25) is 0 Å². The van der Waals surface area contributed by atoms with Gasteiger partial charge in [-0.15, -0.1) is 0 Å². The third-order valence-corrected chi connectivity index (χ3v) is 4.60. The Bertz CT molecular complexity index is 716. The summed E-state index contributed by atoms with van der Waals surface area (Å²) >= 11 is 1.42. The van der Waals surface area contributed by atoms with Crippen LogP contribution in [-0.2, 0) is 0 Å². The number of benzene rings is 1. The molecule has 2 amide bonds. The predicted octanol–water partition coefficient (Wildman–Crippen LogP) is 4.69. The summed E-state index contributed by atoms with van der Waals surface area (Å²) in [7, 11) is 1.56. The molecule has 0 aliphatic heterocycles. The number of hydrogen-bond acceptors (Lipinski definition) is 6. The van der Waals surface area contributed by atoms with Crippen molar-refractivity contribution in [1.82, 2.24) is 10.3 Å². The summed E-state index contributed by atoms with van der Waals surface area (Å²) in [4.78, 5) is 16.3. The molecule has 1 aromatic carbocycles. The van der Waals surface area contributed by atoms with E-state index in [4.69, 9.17) is 9.47 Å². The summed E-state index contributed by atoms with van der Waals surface area (Å²) in [6, 6.07) is 5.20. The van der Waals surface area contributed by atoms with Crippen molar-refractivity contribution in [3.05, 3.63) is 24.4 Å².